The lowest BCUT2D eigenvalue weighted by atomic mass is 10.1. The molecule has 0 N–H and O–H groups in total. The van der Waals surface area contributed by atoms with Crippen molar-refractivity contribution in [3.63, 3.8) is 0 Å². The summed E-state index contributed by atoms with van der Waals surface area (Å²) in [5.74, 6) is 0.658. The molecule has 0 aromatic heterocycles. The Labute approximate surface area is 101 Å². The summed E-state index contributed by atoms with van der Waals surface area (Å²) in [6.45, 7) is 5.39. The number of hydrogen-bond donors (Lipinski definition) is 0. The summed E-state index contributed by atoms with van der Waals surface area (Å²) in [4.78, 5) is 13.3. The van der Waals surface area contributed by atoms with Gasteiger partial charge in [-0.3, -0.25) is 4.79 Å². The van der Waals surface area contributed by atoms with Crippen LogP contribution in [-0.4, -0.2) is 18.9 Å². The molecule has 0 radical (unpaired) electrons. The molecule has 16 heavy (non-hydrogen) atoms. The van der Waals surface area contributed by atoms with Crippen molar-refractivity contribution < 1.29 is 4.79 Å². The lowest BCUT2D eigenvalue weighted by molar-refractivity contribution is 0.112. The van der Waals surface area contributed by atoms with E-state index in [9.17, 15) is 4.79 Å². The first-order valence-electron chi connectivity index (χ1n) is 5.63. The second-order valence-electron chi connectivity index (χ2n) is 4.64. The summed E-state index contributed by atoms with van der Waals surface area (Å²) < 4.78 is 0. The number of hydrogen-bond acceptors (Lipinski definition) is 2. The number of halogens is 1. The van der Waals surface area contributed by atoms with E-state index < -0.39 is 0 Å². The molecule has 86 valence electrons. The first-order valence-corrected chi connectivity index (χ1v) is 6.01. The zero-order valence-electron chi connectivity index (χ0n) is 9.61. The van der Waals surface area contributed by atoms with Crippen molar-refractivity contribution >= 4 is 23.6 Å². The molecule has 1 aliphatic rings. The molecule has 0 saturated carbocycles. The SMILES string of the molecule is CC1CC(C)N(c2c(Cl)cccc2C=O)C1. The molecule has 1 heterocycles. The normalized spacial score (nSPS) is 24.8. The van der Waals surface area contributed by atoms with Crippen molar-refractivity contribution in [1.29, 1.82) is 0 Å². The fourth-order valence-corrected chi connectivity index (χ4v) is 2.83. The van der Waals surface area contributed by atoms with E-state index in [1.165, 1.54) is 0 Å². The Morgan fingerprint density at radius 1 is 1.44 bits per heavy atom. The second-order valence-corrected chi connectivity index (χ2v) is 5.04. The van der Waals surface area contributed by atoms with Gasteiger partial charge in [0, 0.05) is 18.2 Å². The van der Waals surface area contributed by atoms with Crippen LogP contribution in [0.2, 0.25) is 5.02 Å². The third-order valence-corrected chi connectivity index (χ3v) is 3.52. The van der Waals surface area contributed by atoms with Crippen molar-refractivity contribution in [1.82, 2.24) is 0 Å². The molecule has 2 atom stereocenters. The quantitative estimate of drug-likeness (QED) is 0.735. The van der Waals surface area contributed by atoms with Gasteiger partial charge in [0.1, 0.15) is 0 Å². The number of anilines is 1. The molecular weight excluding hydrogens is 222 g/mol. The summed E-state index contributed by atoms with van der Waals surface area (Å²) >= 11 is 6.20. The van der Waals surface area contributed by atoms with Crippen LogP contribution >= 0.6 is 11.6 Å². The summed E-state index contributed by atoms with van der Waals surface area (Å²) in [5.41, 5.74) is 1.59. The van der Waals surface area contributed by atoms with Crippen LogP contribution in [0, 0.1) is 5.92 Å². The topological polar surface area (TPSA) is 20.3 Å². The van der Waals surface area contributed by atoms with E-state index in [-0.39, 0.29) is 0 Å². The summed E-state index contributed by atoms with van der Waals surface area (Å²) in [5, 5.41) is 0.672. The minimum Gasteiger partial charge on any atom is -0.367 e. The van der Waals surface area contributed by atoms with Crippen LogP contribution < -0.4 is 4.90 Å². The van der Waals surface area contributed by atoms with E-state index in [2.05, 4.69) is 18.7 Å². The Morgan fingerprint density at radius 2 is 2.19 bits per heavy atom. The summed E-state index contributed by atoms with van der Waals surface area (Å²) in [6.07, 6.45) is 2.04. The molecule has 2 nitrogen and oxygen atoms in total. The molecule has 2 unspecified atom stereocenters. The van der Waals surface area contributed by atoms with E-state index in [0.717, 1.165) is 24.9 Å². The molecule has 3 heteroatoms. The van der Waals surface area contributed by atoms with Gasteiger partial charge < -0.3 is 4.90 Å². The summed E-state index contributed by atoms with van der Waals surface area (Å²) in [6, 6.07) is 5.94. The first-order chi connectivity index (χ1) is 7.63. The molecule has 1 fully saturated rings. The fraction of sp³-hybridized carbons (Fsp3) is 0.462. The maximum Gasteiger partial charge on any atom is 0.152 e. The third-order valence-electron chi connectivity index (χ3n) is 3.22. The molecule has 0 spiro atoms. The van der Waals surface area contributed by atoms with Gasteiger partial charge in [0.25, 0.3) is 0 Å². The van der Waals surface area contributed by atoms with Crippen LogP contribution in [0.3, 0.4) is 0 Å². The third kappa shape index (κ3) is 1.94. The highest BCUT2D eigenvalue weighted by molar-refractivity contribution is 6.34. The van der Waals surface area contributed by atoms with Gasteiger partial charge >= 0.3 is 0 Å². The maximum absolute atomic E-state index is 11.0. The van der Waals surface area contributed by atoms with Crippen LogP contribution in [-0.2, 0) is 0 Å². The molecule has 1 aliphatic heterocycles. The van der Waals surface area contributed by atoms with Crippen molar-refractivity contribution in [2.75, 3.05) is 11.4 Å². The van der Waals surface area contributed by atoms with Crippen LogP contribution in [0.1, 0.15) is 30.6 Å². The van der Waals surface area contributed by atoms with E-state index in [1.54, 1.807) is 0 Å². The highest BCUT2D eigenvalue weighted by atomic mass is 35.5. The summed E-state index contributed by atoms with van der Waals surface area (Å²) in [7, 11) is 0. The van der Waals surface area contributed by atoms with Crippen LogP contribution in [0.25, 0.3) is 0 Å². The Hall–Kier alpha value is -1.02. The highest BCUT2D eigenvalue weighted by Gasteiger charge is 2.28. The Morgan fingerprint density at radius 3 is 2.75 bits per heavy atom. The molecule has 0 amide bonds. The van der Waals surface area contributed by atoms with E-state index >= 15 is 0 Å². The van der Waals surface area contributed by atoms with E-state index in [0.29, 0.717) is 22.5 Å². The predicted octanol–water partition coefficient (Wildman–Crippen LogP) is 3.39. The largest absolute Gasteiger partial charge is 0.367 e. The predicted molar refractivity (Wildman–Crippen MR) is 67.4 cm³/mol. The van der Waals surface area contributed by atoms with Crippen molar-refractivity contribution in [3.8, 4) is 0 Å². The highest BCUT2D eigenvalue weighted by Crippen LogP contribution is 2.35. The van der Waals surface area contributed by atoms with Gasteiger partial charge in [0.15, 0.2) is 6.29 Å². The van der Waals surface area contributed by atoms with Crippen LogP contribution in [0.15, 0.2) is 18.2 Å². The van der Waals surface area contributed by atoms with Gasteiger partial charge in [0.2, 0.25) is 0 Å². The molecule has 0 aliphatic carbocycles. The van der Waals surface area contributed by atoms with Gasteiger partial charge in [-0.25, -0.2) is 0 Å². The monoisotopic (exact) mass is 237 g/mol. The molecule has 1 aromatic carbocycles. The first kappa shape index (κ1) is 11.5. The Balaban J connectivity index is 2.43. The minimum absolute atomic E-state index is 0.452. The van der Waals surface area contributed by atoms with Crippen molar-refractivity contribution in [3.05, 3.63) is 28.8 Å². The smallest absolute Gasteiger partial charge is 0.152 e. The van der Waals surface area contributed by atoms with Crippen LogP contribution in [0.5, 0.6) is 0 Å². The number of carbonyl (C=O) groups excluding carboxylic acids is 1. The number of aldehydes is 1. The van der Waals surface area contributed by atoms with Gasteiger partial charge in [-0.2, -0.15) is 0 Å². The zero-order chi connectivity index (χ0) is 11.7. The lowest BCUT2D eigenvalue weighted by Gasteiger charge is -2.26. The Bertz CT molecular complexity index is 405. The van der Waals surface area contributed by atoms with E-state index in [1.807, 2.05) is 18.2 Å². The van der Waals surface area contributed by atoms with Gasteiger partial charge in [-0.1, -0.05) is 24.6 Å². The Kier molecular flexibility index (Phi) is 3.20. The van der Waals surface area contributed by atoms with Crippen molar-refractivity contribution in [2.45, 2.75) is 26.3 Å². The number of carbonyl (C=O) groups is 1. The number of benzene rings is 1. The van der Waals surface area contributed by atoms with Gasteiger partial charge in [0.05, 0.1) is 10.7 Å². The van der Waals surface area contributed by atoms with Gasteiger partial charge in [-0.15, -0.1) is 0 Å². The molecule has 1 aromatic rings. The van der Waals surface area contributed by atoms with Crippen LogP contribution in [0.4, 0.5) is 5.69 Å². The number of rotatable bonds is 2. The average Bonchev–Trinajstić information content (AvgIpc) is 2.57. The molecule has 0 bridgehead atoms. The number of nitrogens with zero attached hydrogens (tertiary/aromatic N) is 1. The van der Waals surface area contributed by atoms with Crippen molar-refractivity contribution in [2.24, 2.45) is 5.92 Å². The van der Waals surface area contributed by atoms with Gasteiger partial charge in [-0.05, 0) is 31.4 Å². The zero-order valence-corrected chi connectivity index (χ0v) is 10.4. The van der Waals surface area contributed by atoms with E-state index in [4.69, 9.17) is 11.6 Å². The molecule has 1 saturated heterocycles. The fourth-order valence-electron chi connectivity index (χ4n) is 2.54. The average molecular weight is 238 g/mol. The number of para-hydroxylation sites is 1. The lowest BCUT2D eigenvalue weighted by Crippen LogP contribution is -2.28. The molecular formula is C13H16ClNO. The standard InChI is InChI=1S/C13H16ClNO/c1-9-6-10(2)15(7-9)13-11(8-16)4-3-5-12(13)14/h3-5,8-10H,6-7H2,1-2H3. The molecule has 2 rings (SSSR count). The maximum atomic E-state index is 11.0. The minimum atomic E-state index is 0.452. The second kappa shape index (κ2) is 4.46.